The number of likely N-dealkylation sites (N-methyl/N-ethyl adjacent to an activating group) is 1. The Kier molecular flexibility index (Phi) is 7.12. The molecule has 216 valence electrons. The lowest BCUT2D eigenvalue weighted by Crippen LogP contribution is -2.54. The van der Waals surface area contributed by atoms with Crippen LogP contribution in [0.4, 0.5) is 5.82 Å². The third-order valence-corrected chi connectivity index (χ3v) is 9.69. The molecule has 42 heavy (non-hydrogen) atoms. The molecule has 0 unspecified atom stereocenters. The number of anilines is 1. The van der Waals surface area contributed by atoms with Crippen LogP contribution in [0.5, 0.6) is 0 Å². The zero-order valence-electron chi connectivity index (χ0n) is 23.9. The van der Waals surface area contributed by atoms with E-state index in [1.165, 1.54) is 0 Å². The molecule has 2 fully saturated rings. The van der Waals surface area contributed by atoms with Crippen molar-refractivity contribution in [3.63, 3.8) is 0 Å². The Morgan fingerprint density at radius 2 is 1.81 bits per heavy atom. The third kappa shape index (κ3) is 4.82. The number of nitrogen functional groups attached to an aromatic ring is 1. The second-order valence-corrected chi connectivity index (χ2v) is 12.0. The van der Waals surface area contributed by atoms with Crippen LogP contribution >= 0.6 is 11.6 Å². The van der Waals surface area contributed by atoms with Crippen LogP contribution in [0.15, 0.2) is 67.3 Å². The Bertz CT molecular complexity index is 1770. The van der Waals surface area contributed by atoms with Gasteiger partial charge in [-0.2, -0.15) is 0 Å². The van der Waals surface area contributed by atoms with Crippen LogP contribution in [-0.4, -0.2) is 67.0 Å². The molecule has 7 rings (SSSR count). The molecule has 3 aromatic heterocycles. The van der Waals surface area contributed by atoms with Crippen molar-refractivity contribution in [3.05, 3.63) is 77.8 Å². The molecule has 0 radical (unpaired) electrons. The number of amides is 1. The molecular weight excluding hydrogens is 546 g/mol. The van der Waals surface area contributed by atoms with Gasteiger partial charge in [-0.15, -0.1) is 0 Å². The van der Waals surface area contributed by atoms with Crippen molar-refractivity contribution in [1.29, 1.82) is 0 Å². The summed E-state index contributed by atoms with van der Waals surface area (Å²) in [5.74, 6) is 0.765. The van der Waals surface area contributed by atoms with Gasteiger partial charge in [0.25, 0.3) is 0 Å². The summed E-state index contributed by atoms with van der Waals surface area (Å²) < 4.78 is 4.56. The Hall–Kier alpha value is -3.88. The highest BCUT2D eigenvalue weighted by molar-refractivity contribution is 6.31. The molecule has 0 spiro atoms. The quantitative estimate of drug-likeness (QED) is 0.266. The summed E-state index contributed by atoms with van der Waals surface area (Å²) in [5, 5.41) is 2.85. The maximum absolute atomic E-state index is 12.5. The van der Waals surface area contributed by atoms with Gasteiger partial charge in [-0.1, -0.05) is 35.9 Å². The largest absolute Gasteiger partial charge is 0.383 e. The van der Waals surface area contributed by atoms with E-state index in [1.807, 2.05) is 23.1 Å². The zero-order chi connectivity index (χ0) is 28.8. The molecule has 8 nitrogen and oxygen atoms in total. The fourth-order valence-electron chi connectivity index (χ4n) is 7.00. The van der Waals surface area contributed by atoms with E-state index >= 15 is 0 Å². The van der Waals surface area contributed by atoms with Crippen LogP contribution in [0.2, 0.25) is 5.02 Å². The predicted molar refractivity (Wildman–Crippen MR) is 169 cm³/mol. The standard InChI is InChI=1S/C33H36ClN7O/c1-2-38-15-16-39(20-30(38)42)25-8-10-26(11-9-25)41-19-27(31-32(35)36-21-37-33(31)41)22-7-12-29-23(17-22)13-14-40(29)18-24-5-3-4-6-28(24)34/h3-7,12-14,17,19,21,25-26H,2,8-11,15-16,18,20H2,1H3,(H2,35,36,37). The molecule has 2 N–H and O–H groups in total. The Morgan fingerprint density at radius 3 is 2.60 bits per heavy atom. The number of carbonyl (C=O) groups excluding carboxylic acids is 1. The average molecular weight is 582 g/mol. The summed E-state index contributed by atoms with van der Waals surface area (Å²) in [6, 6.07) is 17.5. The zero-order valence-corrected chi connectivity index (χ0v) is 24.7. The minimum absolute atomic E-state index is 0.260. The van der Waals surface area contributed by atoms with Crippen molar-refractivity contribution < 1.29 is 4.79 Å². The Balaban J connectivity index is 1.15. The second kappa shape index (κ2) is 11.1. The fourth-order valence-corrected chi connectivity index (χ4v) is 7.19. The summed E-state index contributed by atoms with van der Waals surface area (Å²) in [6.07, 6.45) is 10.2. The van der Waals surface area contributed by atoms with Crippen LogP contribution < -0.4 is 5.73 Å². The number of aromatic nitrogens is 4. The first-order valence-corrected chi connectivity index (χ1v) is 15.3. The van der Waals surface area contributed by atoms with Crippen molar-refractivity contribution in [2.75, 3.05) is 31.9 Å². The average Bonchev–Trinajstić information content (AvgIpc) is 3.60. The highest BCUT2D eigenvalue weighted by Gasteiger charge is 2.32. The lowest BCUT2D eigenvalue weighted by atomic mass is 9.89. The first kappa shape index (κ1) is 27.0. The lowest BCUT2D eigenvalue weighted by Gasteiger charge is -2.41. The fraction of sp³-hybridized carbons (Fsp3) is 0.364. The minimum Gasteiger partial charge on any atom is -0.383 e. The van der Waals surface area contributed by atoms with Crippen molar-refractivity contribution in [1.82, 2.24) is 28.9 Å². The normalized spacial score (nSPS) is 20.1. The molecule has 0 bridgehead atoms. The topological polar surface area (TPSA) is 85.2 Å². The Morgan fingerprint density at radius 1 is 1.00 bits per heavy atom. The van der Waals surface area contributed by atoms with Crippen LogP contribution in [0, 0.1) is 0 Å². The summed E-state index contributed by atoms with van der Waals surface area (Å²) in [6.45, 7) is 5.93. The number of hydrogen-bond acceptors (Lipinski definition) is 5. The highest BCUT2D eigenvalue weighted by Crippen LogP contribution is 2.39. The van der Waals surface area contributed by atoms with Gasteiger partial charge < -0.3 is 19.8 Å². The summed E-state index contributed by atoms with van der Waals surface area (Å²) >= 11 is 6.44. The molecule has 5 aromatic rings. The second-order valence-electron chi connectivity index (χ2n) is 11.6. The smallest absolute Gasteiger partial charge is 0.236 e. The molecular formula is C33H36ClN7O. The predicted octanol–water partition coefficient (Wildman–Crippen LogP) is 5.98. The van der Waals surface area contributed by atoms with Crippen LogP contribution in [0.3, 0.4) is 0 Å². The third-order valence-electron chi connectivity index (χ3n) is 9.33. The number of benzene rings is 2. The SMILES string of the molecule is CCN1CCN(C2CCC(n3cc(-c4ccc5c(ccn5Cc5ccccc5Cl)c4)c4c(N)ncnc43)CC2)CC1=O. The maximum Gasteiger partial charge on any atom is 0.236 e. The van der Waals surface area contributed by atoms with Crippen molar-refractivity contribution in [2.45, 2.75) is 51.2 Å². The van der Waals surface area contributed by atoms with Crippen molar-refractivity contribution >= 4 is 45.3 Å². The van der Waals surface area contributed by atoms with E-state index in [0.29, 0.717) is 31.0 Å². The number of hydrogen-bond donors (Lipinski definition) is 1. The number of halogens is 1. The van der Waals surface area contributed by atoms with E-state index in [0.717, 1.165) is 89.0 Å². The van der Waals surface area contributed by atoms with Crippen LogP contribution in [0.25, 0.3) is 33.1 Å². The van der Waals surface area contributed by atoms with Gasteiger partial charge in [-0.3, -0.25) is 9.69 Å². The minimum atomic E-state index is 0.260. The van der Waals surface area contributed by atoms with Gasteiger partial charge >= 0.3 is 0 Å². The first-order valence-electron chi connectivity index (χ1n) is 15.0. The number of nitrogens with zero attached hydrogens (tertiary/aromatic N) is 6. The van der Waals surface area contributed by atoms with Crippen molar-refractivity contribution in [3.8, 4) is 11.1 Å². The van der Waals surface area contributed by atoms with Gasteiger partial charge in [0.2, 0.25) is 5.91 Å². The molecule has 1 saturated heterocycles. The van der Waals surface area contributed by atoms with Gasteiger partial charge in [0, 0.05) is 72.1 Å². The van der Waals surface area contributed by atoms with Gasteiger partial charge in [-0.25, -0.2) is 9.97 Å². The lowest BCUT2D eigenvalue weighted by molar-refractivity contribution is -0.137. The van der Waals surface area contributed by atoms with Gasteiger partial charge in [0.1, 0.15) is 17.8 Å². The number of carbonyl (C=O) groups is 1. The van der Waals surface area contributed by atoms with Gasteiger partial charge in [-0.05, 0) is 68.0 Å². The summed E-state index contributed by atoms with van der Waals surface area (Å²) in [7, 11) is 0. The number of piperazine rings is 1. The molecule has 4 heterocycles. The maximum atomic E-state index is 12.5. The van der Waals surface area contributed by atoms with Crippen molar-refractivity contribution in [2.24, 2.45) is 0 Å². The van der Waals surface area contributed by atoms with E-state index < -0.39 is 0 Å². The molecule has 1 amide bonds. The molecule has 2 aromatic carbocycles. The van der Waals surface area contributed by atoms with E-state index in [2.05, 4.69) is 68.7 Å². The van der Waals surface area contributed by atoms with Gasteiger partial charge in [0.15, 0.2) is 0 Å². The van der Waals surface area contributed by atoms with E-state index in [9.17, 15) is 4.79 Å². The molecule has 0 atom stereocenters. The van der Waals surface area contributed by atoms with Gasteiger partial charge in [0.05, 0.1) is 11.9 Å². The van der Waals surface area contributed by atoms with E-state index in [-0.39, 0.29) is 5.91 Å². The Labute approximate surface area is 250 Å². The summed E-state index contributed by atoms with van der Waals surface area (Å²) in [5.41, 5.74) is 11.8. The molecule has 1 aliphatic carbocycles. The van der Waals surface area contributed by atoms with E-state index in [4.69, 9.17) is 22.3 Å². The molecule has 1 aliphatic heterocycles. The molecule has 2 aliphatic rings. The van der Waals surface area contributed by atoms with Crippen LogP contribution in [-0.2, 0) is 11.3 Å². The summed E-state index contributed by atoms with van der Waals surface area (Å²) in [4.78, 5) is 25.9. The number of rotatable bonds is 6. The number of fused-ring (bicyclic) bond motifs is 2. The highest BCUT2D eigenvalue weighted by atomic mass is 35.5. The number of nitrogens with two attached hydrogens (primary N) is 1. The monoisotopic (exact) mass is 581 g/mol. The van der Waals surface area contributed by atoms with E-state index in [1.54, 1.807) is 6.33 Å². The molecule has 9 heteroatoms. The first-order chi connectivity index (χ1) is 20.5. The van der Waals surface area contributed by atoms with Crippen LogP contribution in [0.1, 0.15) is 44.2 Å². The molecule has 1 saturated carbocycles.